The third kappa shape index (κ3) is 4.66. The van der Waals surface area contributed by atoms with E-state index in [1.807, 2.05) is 42.5 Å². The van der Waals surface area contributed by atoms with Crippen molar-refractivity contribution < 1.29 is 9.53 Å². The predicted octanol–water partition coefficient (Wildman–Crippen LogP) is 3.91. The van der Waals surface area contributed by atoms with Gasteiger partial charge in [-0.05, 0) is 30.3 Å². The predicted molar refractivity (Wildman–Crippen MR) is 110 cm³/mol. The highest BCUT2D eigenvalue weighted by Crippen LogP contribution is 2.22. The van der Waals surface area contributed by atoms with Gasteiger partial charge in [-0.25, -0.2) is 4.79 Å². The number of thioether (sulfide) groups is 1. The molecule has 1 unspecified atom stereocenters. The second kappa shape index (κ2) is 8.53. The number of anilines is 1. The molecule has 0 saturated carbocycles. The molecule has 1 aliphatic rings. The van der Waals surface area contributed by atoms with Crippen LogP contribution in [0.1, 0.15) is 5.56 Å². The molecule has 0 bridgehead atoms. The summed E-state index contributed by atoms with van der Waals surface area (Å²) in [6.45, 7) is 0. The molecule has 0 spiro atoms. The number of hydrogen-bond acceptors (Lipinski definition) is 6. The standard InChI is InChI=1S/C20H17N5O2S/c26-20(25-17-13-28-19(23-17)14-9-11-21-12-10-14)24-16-7-4-8-18(22-16)27-15-5-2-1-3-6-15/h1-12,17H,13H2,(H2,22,24,25,26). The Morgan fingerprint density at radius 1 is 1.04 bits per heavy atom. The number of nitrogens with one attached hydrogen (secondary N) is 2. The number of urea groups is 1. The number of carbonyl (C=O) groups is 1. The van der Waals surface area contributed by atoms with Crippen molar-refractivity contribution in [1.29, 1.82) is 0 Å². The Balaban J connectivity index is 1.35. The van der Waals surface area contributed by atoms with Gasteiger partial charge < -0.3 is 10.1 Å². The number of aliphatic imine (C=N–C) groups is 1. The van der Waals surface area contributed by atoms with Gasteiger partial charge in [-0.15, -0.1) is 11.8 Å². The number of aromatic nitrogens is 2. The molecule has 1 aromatic carbocycles. The quantitative estimate of drug-likeness (QED) is 0.688. The van der Waals surface area contributed by atoms with Crippen molar-refractivity contribution in [3.8, 4) is 11.6 Å². The maximum Gasteiger partial charge on any atom is 0.322 e. The molecule has 28 heavy (non-hydrogen) atoms. The minimum absolute atomic E-state index is 0.295. The number of amides is 2. The summed E-state index contributed by atoms with van der Waals surface area (Å²) < 4.78 is 5.68. The van der Waals surface area contributed by atoms with Crippen LogP contribution in [0.25, 0.3) is 0 Å². The van der Waals surface area contributed by atoms with E-state index in [2.05, 4.69) is 25.6 Å². The summed E-state index contributed by atoms with van der Waals surface area (Å²) in [5, 5.41) is 6.45. The zero-order chi connectivity index (χ0) is 19.2. The van der Waals surface area contributed by atoms with Crippen LogP contribution in [0.5, 0.6) is 11.6 Å². The first kappa shape index (κ1) is 18.0. The summed E-state index contributed by atoms with van der Waals surface area (Å²) in [4.78, 5) is 25.1. The van der Waals surface area contributed by atoms with E-state index >= 15 is 0 Å². The highest BCUT2D eigenvalue weighted by atomic mass is 32.2. The van der Waals surface area contributed by atoms with E-state index in [0.29, 0.717) is 23.2 Å². The van der Waals surface area contributed by atoms with Gasteiger partial charge in [0.1, 0.15) is 22.8 Å². The lowest BCUT2D eigenvalue weighted by Crippen LogP contribution is -2.37. The molecule has 2 N–H and O–H groups in total. The van der Waals surface area contributed by atoms with Gasteiger partial charge in [0.15, 0.2) is 0 Å². The number of para-hydroxylation sites is 1. The summed E-state index contributed by atoms with van der Waals surface area (Å²) in [7, 11) is 0. The molecule has 2 aromatic heterocycles. The molecule has 3 heterocycles. The van der Waals surface area contributed by atoms with Crippen molar-refractivity contribution in [3.63, 3.8) is 0 Å². The van der Waals surface area contributed by atoms with Crippen LogP contribution in [0, 0.1) is 0 Å². The van der Waals surface area contributed by atoms with Crippen molar-refractivity contribution in [3.05, 3.63) is 78.6 Å². The van der Waals surface area contributed by atoms with E-state index in [-0.39, 0.29) is 12.2 Å². The molecule has 2 amide bonds. The maximum atomic E-state index is 12.3. The van der Waals surface area contributed by atoms with Gasteiger partial charge in [0.2, 0.25) is 5.88 Å². The molecule has 8 heteroatoms. The fourth-order valence-electron chi connectivity index (χ4n) is 2.55. The number of benzene rings is 1. The fraction of sp³-hybridized carbons (Fsp3) is 0.100. The second-order valence-corrected chi connectivity index (χ2v) is 6.88. The molecule has 4 rings (SSSR count). The molecular formula is C20H17N5O2S. The second-order valence-electron chi connectivity index (χ2n) is 5.87. The Kier molecular flexibility index (Phi) is 5.48. The van der Waals surface area contributed by atoms with Crippen LogP contribution in [0.2, 0.25) is 0 Å². The van der Waals surface area contributed by atoms with Crippen molar-refractivity contribution in [1.82, 2.24) is 15.3 Å². The molecule has 7 nitrogen and oxygen atoms in total. The lowest BCUT2D eigenvalue weighted by Gasteiger charge is -2.11. The Labute approximate surface area is 166 Å². The van der Waals surface area contributed by atoms with Crippen LogP contribution in [-0.2, 0) is 0 Å². The maximum absolute atomic E-state index is 12.3. The van der Waals surface area contributed by atoms with E-state index in [4.69, 9.17) is 4.74 Å². The number of rotatable bonds is 5. The lowest BCUT2D eigenvalue weighted by atomic mass is 10.3. The molecule has 0 aliphatic carbocycles. The summed E-state index contributed by atoms with van der Waals surface area (Å²) in [5.74, 6) is 2.15. The number of hydrogen-bond donors (Lipinski definition) is 2. The van der Waals surface area contributed by atoms with Gasteiger partial charge in [-0.1, -0.05) is 24.3 Å². The van der Waals surface area contributed by atoms with Gasteiger partial charge in [-0.3, -0.25) is 15.3 Å². The molecular weight excluding hydrogens is 374 g/mol. The van der Waals surface area contributed by atoms with E-state index < -0.39 is 0 Å². The number of nitrogens with zero attached hydrogens (tertiary/aromatic N) is 3. The van der Waals surface area contributed by atoms with E-state index in [0.717, 1.165) is 10.6 Å². The lowest BCUT2D eigenvalue weighted by molar-refractivity contribution is 0.250. The first-order chi connectivity index (χ1) is 13.8. The molecule has 140 valence electrons. The Bertz CT molecular complexity index is 982. The topological polar surface area (TPSA) is 88.5 Å². The smallest absolute Gasteiger partial charge is 0.322 e. The number of ether oxygens (including phenoxy) is 1. The largest absolute Gasteiger partial charge is 0.439 e. The van der Waals surface area contributed by atoms with Gasteiger partial charge in [0, 0.05) is 29.8 Å². The zero-order valence-electron chi connectivity index (χ0n) is 14.8. The summed E-state index contributed by atoms with van der Waals surface area (Å²) in [6, 6.07) is 18.0. The third-order valence-corrected chi connectivity index (χ3v) is 4.90. The summed E-state index contributed by atoms with van der Waals surface area (Å²) >= 11 is 1.60. The van der Waals surface area contributed by atoms with Crippen molar-refractivity contribution >= 4 is 28.7 Å². The average molecular weight is 391 g/mol. The minimum atomic E-state index is -0.366. The van der Waals surface area contributed by atoms with Crippen LogP contribution in [0.15, 0.2) is 78.0 Å². The van der Waals surface area contributed by atoms with Crippen LogP contribution in [0.4, 0.5) is 10.6 Å². The van der Waals surface area contributed by atoms with Crippen LogP contribution < -0.4 is 15.4 Å². The first-order valence-electron chi connectivity index (χ1n) is 8.65. The normalized spacial score (nSPS) is 15.6. The third-order valence-electron chi connectivity index (χ3n) is 3.81. The molecule has 1 aliphatic heterocycles. The summed E-state index contributed by atoms with van der Waals surface area (Å²) in [5.41, 5.74) is 0.997. The molecule has 0 fully saturated rings. The van der Waals surface area contributed by atoms with E-state index in [1.54, 1.807) is 42.4 Å². The number of carbonyl (C=O) groups excluding carboxylic acids is 1. The average Bonchev–Trinajstić information content (AvgIpc) is 3.18. The molecule has 0 saturated heterocycles. The Morgan fingerprint density at radius 2 is 1.86 bits per heavy atom. The van der Waals surface area contributed by atoms with Gasteiger partial charge >= 0.3 is 6.03 Å². The van der Waals surface area contributed by atoms with Crippen LogP contribution in [-0.4, -0.2) is 33.0 Å². The van der Waals surface area contributed by atoms with Gasteiger partial charge in [0.05, 0.1) is 0 Å². The van der Waals surface area contributed by atoms with Crippen LogP contribution >= 0.6 is 11.8 Å². The van der Waals surface area contributed by atoms with E-state index in [1.165, 1.54) is 0 Å². The molecule has 3 aromatic rings. The van der Waals surface area contributed by atoms with Crippen molar-refractivity contribution in [2.24, 2.45) is 4.99 Å². The molecule has 1 atom stereocenters. The monoisotopic (exact) mass is 391 g/mol. The van der Waals surface area contributed by atoms with Crippen molar-refractivity contribution in [2.75, 3.05) is 11.1 Å². The molecule has 0 radical (unpaired) electrons. The zero-order valence-corrected chi connectivity index (χ0v) is 15.6. The van der Waals surface area contributed by atoms with Crippen molar-refractivity contribution in [2.45, 2.75) is 6.17 Å². The Morgan fingerprint density at radius 3 is 2.68 bits per heavy atom. The Hall–Kier alpha value is -3.39. The highest BCUT2D eigenvalue weighted by Gasteiger charge is 2.21. The van der Waals surface area contributed by atoms with Gasteiger partial charge in [0.25, 0.3) is 0 Å². The van der Waals surface area contributed by atoms with E-state index in [9.17, 15) is 4.79 Å². The number of pyridine rings is 2. The highest BCUT2D eigenvalue weighted by molar-refractivity contribution is 8.14. The summed E-state index contributed by atoms with van der Waals surface area (Å²) in [6.07, 6.45) is 3.15. The SMILES string of the molecule is O=C(Nc1cccc(Oc2ccccc2)n1)NC1CSC(c2ccncc2)=N1. The fourth-order valence-corrected chi connectivity index (χ4v) is 3.53. The first-order valence-corrected chi connectivity index (χ1v) is 9.63. The van der Waals surface area contributed by atoms with Crippen LogP contribution in [0.3, 0.4) is 0 Å². The minimum Gasteiger partial charge on any atom is -0.439 e. The van der Waals surface area contributed by atoms with Gasteiger partial charge in [-0.2, -0.15) is 4.98 Å².